The van der Waals surface area contributed by atoms with Crippen LogP contribution in [0.1, 0.15) is 18.5 Å². The van der Waals surface area contributed by atoms with Gasteiger partial charge in [-0.05, 0) is 24.6 Å². The highest BCUT2D eigenvalue weighted by molar-refractivity contribution is 7.81. The Labute approximate surface area is 154 Å². The molecule has 0 spiro atoms. The number of amides is 4. The van der Waals surface area contributed by atoms with Crippen LogP contribution in [0.3, 0.4) is 0 Å². The van der Waals surface area contributed by atoms with Gasteiger partial charge in [-0.25, -0.2) is 4.79 Å². The zero-order valence-corrected chi connectivity index (χ0v) is 15.0. The van der Waals surface area contributed by atoms with Gasteiger partial charge in [0.1, 0.15) is 18.1 Å². The smallest absolute Gasteiger partial charge is 0.362 e. The van der Waals surface area contributed by atoms with Crippen molar-refractivity contribution in [1.82, 2.24) is 15.1 Å². The Morgan fingerprint density at radius 1 is 1.26 bits per heavy atom. The van der Waals surface area contributed by atoms with Crippen molar-refractivity contribution in [2.45, 2.75) is 13.0 Å². The summed E-state index contributed by atoms with van der Waals surface area (Å²) in [6.07, 6.45) is 0.408. The van der Waals surface area contributed by atoms with E-state index in [2.05, 4.69) is 9.50 Å². The number of nitrogens with one attached hydrogen (secondary N) is 1. The number of hydrogen-bond acceptors (Lipinski definition) is 7. The number of aldehydes is 1. The molecule has 146 valence electrons. The lowest BCUT2D eigenvalue weighted by Crippen LogP contribution is -2.58. The van der Waals surface area contributed by atoms with Crippen LogP contribution in [0, 0.1) is 0 Å². The highest BCUT2D eigenvalue weighted by Crippen LogP contribution is 2.18. The Morgan fingerprint density at radius 2 is 1.89 bits per heavy atom. The van der Waals surface area contributed by atoms with Gasteiger partial charge in [0.2, 0.25) is 0 Å². The number of carbonyl (C=O) groups is 4. The van der Waals surface area contributed by atoms with Crippen LogP contribution < -0.4 is 9.50 Å². The van der Waals surface area contributed by atoms with Crippen LogP contribution >= 0.6 is 0 Å². The summed E-state index contributed by atoms with van der Waals surface area (Å²) in [6.45, 7) is 2.24. The molecule has 12 heteroatoms. The van der Waals surface area contributed by atoms with Crippen LogP contribution in [-0.4, -0.2) is 66.5 Å². The average Bonchev–Trinajstić information content (AvgIpc) is 2.61. The second kappa shape index (κ2) is 8.14. The molecule has 1 aliphatic heterocycles. The average molecular weight is 399 g/mol. The molecule has 0 aliphatic carbocycles. The monoisotopic (exact) mass is 399 g/mol. The topological polar surface area (TPSA) is 150 Å². The van der Waals surface area contributed by atoms with E-state index in [9.17, 15) is 27.6 Å². The van der Waals surface area contributed by atoms with Crippen molar-refractivity contribution in [3.8, 4) is 5.75 Å². The molecule has 0 aromatic heterocycles. The largest absolute Gasteiger partial charge is 0.446 e. The van der Waals surface area contributed by atoms with Crippen LogP contribution in [0.15, 0.2) is 24.3 Å². The summed E-state index contributed by atoms with van der Waals surface area (Å²) in [5.74, 6) is -1.98. The minimum absolute atomic E-state index is 0.00301. The molecule has 2 N–H and O–H groups in total. The number of rotatable bonds is 6. The number of benzene rings is 1. The zero-order valence-electron chi connectivity index (χ0n) is 14.2. The Morgan fingerprint density at radius 3 is 2.41 bits per heavy atom. The Bertz CT molecular complexity index is 852. The SMILES string of the molecule is CCN1CCN(C(=O)NC(C=O)c2ccc(OS(=O)(=O)O)cc2)C(=O)C1=O. The maximum absolute atomic E-state index is 12.3. The van der Waals surface area contributed by atoms with Gasteiger partial charge in [-0.3, -0.25) is 19.0 Å². The molecule has 1 unspecified atom stereocenters. The first-order chi connectivity index (χ1) is 12.7. The summed E-state index contributed by atoms with van der Waals surface area (Å²) in [4.78, 5) is 49.5. The third-order valence-corrected chi connectivity index (χ3v) is 4.19. The number of imide groups is 1. The normalized spacial score (nSPS) is 16.1. The number of carbonyl (C=O) groups excluding carboxylic acids is 4. The van der Waals surface area contributed by atoms with Gasteiger partial charge in [0, 0.05) is 19.6 Å². The van der Waals surface area contributed by atoms with Crippen LogP contribution in [0.4, 0.5) is 4.79 Å². The van der Waals surface area contributed by atoms with E-state index < -0.39 is 34.3 Å². The maximum Gasteiger partial charge on any atom is 0.446 e. The highest BCUT2D eigenvalue weighted by Gasteiger charge is 2.36. The molecule has 1 fully saturated rings. The fraction of sp³-hybridized carbons (Fsp3) is 0.333. The molecule has 11 nitrogen and oxygen atoms in total. The molecular weight excluding hydrogens is 382 g/mol. The molecule has 0 saturated carbocycles. The van der Waals surface area contributed by atoms with Crippen molar-refractivity contribution in [3.63, 3.8) is 0 Å². The van der Waals surface area contributed by atoms with E-state index in [1.807, 2.05) is 0 Å². The lowest BCUT2D eigenvalue weighted by molar-refractivity contribution is -0.153. The third kappa shape index (κ3) is 5.01. The quantitative estimate of drug-likeness (QED) is 0.369. The number of piperazine rings is 1. The minimum Gasteiger partial charge on any atom is -0.362 e. The van der Waals surface area contributed by atoms with E-state index >= 15 is 0 Å². The second-order valence-corrected chi connectivity index (χ2v) is 6.51. The number of hydrogen-bond donors (Lipinski definition) is 2. The first-order valence-corrected chi connectivity index (χ1v) is 9.16. The second-order valence-electron chi connectivity index (χ2n) is 5.48. The standard InChI is InChI=1S/C15H17N3O8S/c1-2-17-7-8-18(14(21)13(17)20)15(22)16-12(9-19)10-3-5-11(6-4-10)26-27(23,24)25/h3-6,9,12H,2,7-8H2,1H3,(H,16,22)(H,23,24,25). The van der Waals surface area contributed by atoms with Crippen molar-refractivity contribution >= 4 is 34.5 Å². The van der Waals surface area contributed by atoms with E-state index in [1.54, 1.807) is 6.92 Å². The van der Waals surface area contributed by atoms with Crippen molar-refractivity contribution < 1.29 is 36.3 Å². The third-order valence-electron chi connectivity index (χ3n) is 3.79. The first-order valence-electron chi connectivity index (χ1n) is 7.79. The predicted molar refractivity (Wildman–Crippen MR) is 89.9 cm³/mol. The van der Waals surface area contributed by atoms with Gasteiger partial charge in [0.15, 0.2) is 0 Å². The van der Waals surface area contributed by atoms with Gasteiger partial charge in [-0.1, -0.05) is 12.1 Å². The van der Waals surface area contributed by atoms with Gasteiger partial charge >= 0.3 is 28.2 Å². The molecule has 1 aromatic carbocycles. The Kier molecular flexibility index (Phi) is 6.13. The molecule has 1 atom stereocenters. The molecule has 1 saturated heterocycles. The predicted octanol–water partition coefficient (Wildman–Crippen LogP) is -0.491. The van der Waals surface area contributed by atoms with Crippen molar-refractivity contribution in [2.24, 2.45) is 0 Å². The van der Waals surface area contributed by atoms with E-state index in [-0.39, 0.29) is 24.4 Å². The van der Waals surface area contributed by atoms with Crippen molar-refractivity contribution in [1.29, 1.82) is 0 Å². The summed E-state index contributed by atoms with van der Waals surface area (Å²) in [5.41, 5.74) is 0.270. The lowest BCUT2D eigenvalue weighted by Gasteiger charge is -2.32. The van der Waals surface area contributed by atoms with Crippen LogP contribution in [-0.2, 0) is 24.8 Å². The summed E-state index contributed by atoms with van der Waals surface area (Å²) >= 11 is 0. The van der Waals surface area contributed by atoms with Gasteiger partial charge in [0.05, 0.1) is 0 Å². The van der Waals surface area contributed by atoms with Crippen LogP contribution in [0.25, 0.3) is 0 Å². The summed E-state index contributed by atoms with van der Waals surface area (Å²) in [7, 11) is -4.69. The first kappa shape index (κ1) is 20.3. The van der Waals surface area contributed by atoms with Gasteiger partial charge < -0.3 is 19.2 Å². The van der Waals surface area contributed by atoms with Gasteiger partial charge in [-0.15, -0.1) is 0 Å². The Hall–Kier alpha value is -2.99. The summed E-state index contributed by atoms with van der Waals surface area (Å²) in [6, 6.07) is 2.87. The van der Waals surface area contributed by atoms with Gasteiger partial charge in [-0.2, -0.15) is 8.42 Å². The van der Waals surface area contributed by atoms with E-state index in [1.165, 1.54) is 29.2 Å². The lowest BCUT2D eigenvalue weighted by atomic mass is 10.1. The highest BCUT2D eigenvalue weighted by atomic mass is 32.3. The molecule has 0 bridgehead atoms. The molecule has 1 aliphatic rings. The summed E-state index contributed by atoms with van der Waals surface area (Å²) in [5, 5.41) is 2.32. The van der Waals surface area contributed by atoms with E-state index in [4.69, 9.17) is 4.55 Å². The van der Waals surface area contributed by atoms with Crippen LogP contribution in [0.5, 0.6) is 5.75 Å². The zero-order chi connectivity index (χ0) is 20.2. The maximum atomic E-state index is 12.3. The number of urea groups is 1. The van der Waals surface area contributed by atoms with Crippen molar-refractivity contribution in [3.05, 3.63) is 29.8 Å². The number of nitrogens with zero attached hydrogens (tertiary/aromatic N) is 2. The molecule has 0 radical (unpaired) electrons. The molecule has 2 rings (SSSR count). The fourth-order valence-corrected chi connectivity index (χ4v) is 2.78. The van der Waals surface area contributed by atoms with Crippen molar-refractivity contribution in [2.75, 3.05) is 19.6 Å². The van der Waals surface area contributed by atoms with E-state index in [0.29, 0.717) is 12.8 Å². The number of likely N-dealkylation sites (N-methyl/N-ethyl adjacent to an activating group) is 1. The van der Waals surface area contributed by atoms with E-state index in [0.717, 1.165) is 4.90 Å². The van der Waals surface area contributed by atoms with Gasteiger partial charge in [0.25, 0.3) is 0 Å². The molecule has 1 heterocycles. The molecule has 27 heavy (non-hydrogen) atoms. The minimum atomic E-state index is -4.69. The Balaban J connectivity index is 2.08. The molecule has 4 amide bonds. The molecular formula is C15H17N3O8S. The summed E-state index contributed by atoms with van der Waals surface area (Å²) < 4.78 is 34.2. The van der Waals surface area contributed by atoms with Crippen LogP contribution in [0.2, 0.25) is 0 Å². The fourth-order valence-electron chi connectivity index (χ4n) is 2.43. The molecule has 1 aromatic rings.